The van der Waals surface area contributed by atoms with Crippen LogP contribution in [0.2, 0.25) is 5.02 Å². The Hall–Kier alpha value is -3.73. The predicted molar refractivity (Wildman–Crippen MR) is 134 cm³/mol. The monoisotopic (exact) mass is 542 g/mol. The van der Waals surface area contributed by atoms with Crippen molar-refractivity contribution in [1.29, 1.82) is 0 Å². The van der Waals surface area contributed by atoms with Crippen LogP contribution < -0.4 is 9.47 Å². The van der Waals surface area contributed by atoms with Crippen LogP contribution in [0.5, 0.6) is 10.9 Å². The Labute approximate surface area is 220 Å². The molecule has 0 fully saturated rings. The summed E-state index contributed by atoms with van der Waals surface area (Å²) in [5.74, 6) is -0.625. The summed E-state index contributed by atoms with van der Waals surface area (Å²) >= 11 is 7.53. The van der Waals surface area contributed by atoms with Crippen molar-refractivity contribution in [2.45, 2.75) is 12.5 Å². The van der Waals surface area contributed by atoms with Crippen LogP contribution in [0, 0.1) is 5.82 Å². The number of hydrogen-bond donors (Lipinski definition) is 0. The summed E-state index contributed by atoms with van der Waals surface area (Å²) in [6, 6.07) is 15.9. The third-order valence-electron chi connectivity index (χ3n) is 5.77. The zero-order valence-corrected chi connectivity index (χ0v) is 21.1. The summed E-state index contributed by atoms with van der Waals surface area (Å²) in [6.45, 7) is -0.104. The van der Waals surface area contributed by atoms with Gasteiger partial charge in [-0.3, -0.25) is 0 Å². The maximum absolute atomic E-state index is 14.0. The number of nitrogens with zero attached hydrogens (tertiary/aromatic N) is 2. The Morgan fingerprint density at radius 3 is 2.78 bits per heavy atom. The van der Waals surface area contributed by atoms with E-state index in [2.05, 4.69) is 9.72 Å². The van der Waals surface area contributed by atoms with Gasteiger partial charge < -0.3 is 19.0 Å². The van der Waals surface area contributed by atoms with E-state index in [1.165, 1.54) is 35.6 Å². The molecule has 3 aromatic carbocycles. The molecule has 0 unspecified atom stereocenters. The first-order chi connectivity index (χ1) is 17.9. The number of carbonyl (C=O) groups is 2. The first kappa shape index (κ1) is 24.9. The minimum atomic E-state index is -0.978. The van der Waals surface area contributed by atoms with Gasteiger partial charge in [-0.2, -0.15) is 0 Å². The highest BCUT2D eigenvalue weighted by molar-refractivity contribution is 7.20. The topological polar surface area (TPSA) is 87.2 Å². The number of carbonyl (C=O) groups excluding carboxylic acids is 2. The maximum Gasteiger partial charge on any atom is 0.535 e. The van der Waals surface area contributed by atoms with Crippen LogP contribution in [-0.4, -0.2) is 42.4 Å². The largest absolute Gasteiger partial charge is 0.535 e. The molecule has 0 saturated carbocycles. The molecular weight excluding hydrogens is 523 g/mol. The van der Waals surface area contributed by atoms with E-state index in [1.807, 2.05) is 24.3 Å². The Kier molecular flexibility index (Phi) is 7.22. The van der Waals surface area contributed by atoms with Crippen LogP contribution in [0.1, 0.15) is 22.7 Å². The number of thiazole rings is 1. The van der Waals surface area contributed by atoms with E-state index in [9.17, 15) is 14.0 Å². The number of aromatic nitrogens is 1. The minimum absolute atomic E-state index is 0.145. The second-order valence-corrected chi connectivity index (χ2v) is 9.50. The first-order valence-corrected chi connectivity index (χ1v) is 12.4. The predicted octanol–water partition coefficient (Wildman–Crippen LogP) is 5.72. The van der Waals surface area contributed by atoms with Crippen molar-refractivity contribution in [2.75, 3.05) is 20.3 Å². The van der Waals surface area contributed by atoms with Gasteiger partial charge in [-0.1, -0.05) is 41.1 Å². The molecule has 190 valence electrons. The lowest BCUT2D eigenvalue weighted by Crippen LogP contribution is -2.39. The van der Waals surface area contributed by atoms with Gasteiger partial charge in [0.2, 0.25) is 0 Å². The standard InChI is InChI=1S/C26H20ClFN2O6S/c1-33-23(31)14-34-21-9-6-16(27)13-19(21)24-18-8-7-17(28)12-15(18)10-11-30(24)36-26(32)35-25-29-20-4-2-3-5-22(20)37-25/h2-9,12-13,24H,10-11,14H2,1H3/t24-/m0/s1. The summed E-state index contributed by atoms with van der Waals surface area (Å²) in [7, 11) is 1.26. The molecule has 0 amide bonds. The van der Waals surface area contributed by atoms with Gasteiger partial charge in [0.15, 0.2) is 6.61 Å². The van der Waals surface area contributed by atoms with E-state index in [-0.39, 0.29) is 24.2 Å². The van der Waals surface area contributed by atoms with Crippen LogP contribution in [0.15, 0.2) is 60.7 Å². The van der Waals surface area contributed by atoms with Gasteiger partial charge in [-0.15, -0.1) is 5.06 Å². The van der Waals surface area contributed by atoms with Gasteiger partial charge in [-0.05, 0) is 60.0 Å². The van der Waals surface area contributed by atoms with Gasteiger partial charge in [-0.25, -0.2) is 19.0 Å². The van der Waals surface area contributed by atoms with E-state index in [1.54, 1.807) is 24.3 Å². The number of para-hydroxylation sites is 1. The quantitative estimate of drug-likeness (QED) is 0.286. The number of fused-ring (bicyclic) bond motifs is 2. The van der Waals surface area contributed by atoms with Crippen LogP contribution in [0.25, 0.3) is 10.2 Å². The molecule has 4 aromatic rings. The van der Waals surface area contributed by atoms with Crippen molar-refractivity contribution < 1.29 is 33.0 Å². The molecule has 5 rings (SSSR count). The molecule has 11 heteroatoms. The third kappa shape index (κ3) is 5.51. The summed E-state index contributed by atoms with van der Waals surface area (Å²) in [4.78, 5) is 34.5. The first-order valence-electron chi connectivity index (χ1n) is 11.2. The fraction of sp³-hybridized carbons (Fsp3) is 0.192. The zero-order chi connectivity index (χ0) is 25.9. The van der Waals surface area contributed by atoms with Crippen LogP contribution in [-0.2, 0) is 20.8 Å². The average Bonchev–Trinajstić information content (AvgIpc) is 3.29. The molecule has 0 saturated heterocycles. The zero-order valence-electron chi connectivity index (χ0n) is 19.5. The smallest absolute Gasteiger partial charge is 0.482 e. The highest BCUT2D eigenvalue weighted by Crippen LogP contribution is 2.41. The number of hydrogen-bond acceptors (Lipinski definition) is 9. The molecule has 8 nitrogen and oxygen atoms in total. The molecule has 0 bridgehead atoms. The molecule has 37 heavy (non-hydrogen) atoms. The summed E-state index contributed by atoms with van der Waals surface area (Å²) < 4.78 is 30.6. The lowest BCUT2D eigenvalue weighted by molar-refractivity contribution is -0.143. The SMILES string of the molecule is COC(=O)COc1ccc(Cl)cc1[C@@H]1c2ccc(F)cc2CCN1OC(=O)Oc1nc2ccccc2s1. The second kappa shape index (κ2) is 10.7. The van der Waals surface area contributed by atoms with Crippen molar-refractivity contribution in [1.82, 2.24) is 10.0 Å². The van der Waals surface area contributed by atoms with Gasteiger partial charge in [0, 0.05) is 17.1 Å². The Morgan fingerprint density at radius 2 is 1.97 bits per heavy atom. The number of ether oxygens (including phenoxy) is 3. The number of rotatable bonds is 6. The van der Waals surface area contributed by atoms with E-state index in [0.29, 0.717) is 33.8 Å². The number of halogens is 2. The molecule has 0 spiro atoms. The summed E-state index contributed by atoms with van der Waals surface area (Å²) in [6.07, 6.45) is -0.564. The summed E-state index contributed by atoms with van der Waals surface area (Å²) in [5.41, 5.74) is 2.64. The maximum atomic E-state index is 14.0. The Morgan fingerprint density at radius 1 is 1.14 bits per heavy atom. The lowest BCUT2D eigenvalue weighted by Gasteiger charge is -2.36. The van der Waals surface area contributed by atoms with Crippen molar-refractivity contribution >= 4 is 45.3 Å². The summed E-state index contributed by atoms with van der Waals surface area (Å²) in [5, 5.41) is 1.96. The number of methoxy groups -OCH3 is 1. The van der Waals surface area contributed by atoms with E-state index >= 15 is 0 Å². The van der Waals surface area contributed by atoms with E-state index in [0.717, 1.165) is 10.3 Å². The van der Waals surface area contributed by atoms with Gasteiger partial charge in [0.05, 0.1) is 23.4 Å². The van der Waals surface area contributed by atoms with Crippen LogP contribution in [0.4, 0.5) is 9.18 Å². The normalized spacial score (nSPS) is 15.2. The van der Waals surface area contributed by atoms with Gasteiger partial charge in [0.1, 0.15) is 11.6 Å². The second-order valence-electron chi connectivity index (χ2n) is 8.07. The highest BCUT2D eigenvalue weighted by Gasteiger charge is 2.35. The molecule has 0 aliphatic carbocycles. The highest BCUT2D eigenvalue weighted by atomic mass is 35.5. The molecule has 0 radical (unpaired) electrons. The Bertz CT molecular complexity index is 1450. The lowest BCUT2D eigenvalue weighted by atomic mass is 9.89. The molecule has 0 N–H and O–H groups in total. The average molecular weight is 543 g/mol. The van der Waals surface area contributed by atoms with Crippen LogP contribution >= 0.6 is 22.9 Å². The molecule has 2 heterocycles. The van der Waals surface area contributed by atoms with Crippen molar-refractivity contribution in [2.24, 2.45) is 0 Å². The van der Waals surface area contributed by atoms with Crippen molar-refractivity contribution in [3.63, 3.8) is 0 Å². The molecule has 1 aliphatic rings. The van der Waals surface area contributed by atoms with E-state index in [4.69, 9.17) is 25.9 Å². The molecular formula is C26H20ClFN2O6S. The number of esters is 1. The van der Waals surface area contributed by atoms with Crippen molar-refractivity contribution in [3.05, 3.63) is 88.2 Å². The fourth-order valence-corrected chi connectivity index (χ4v) is 5.12. The molecule has 1 aromatic heterocycles. The fourth-order valence-electron chi connectivity index (χ4n) is 4.13. The molecule has 1 aliphatic heterocycles. The number of benzene rings is 3. The van der Waals surface area contributed by atoms with Crippen LogP contribution in [0.3, 0.4) is 0 Å². The Balaban J connectivity index is 1.46. The van der Waals surface area contributed by atoms with E-state index < -0.39 is 18.2 Å². The van der Waals surface area contributed by atoms with Gasteiger partial charge >= 0.3 is 12.1 Å². The third-order valence-corrected chi connectivity index (χ3v) is 6.91. The minimum Gasteiger partial charge on any atom is -0.482 e. The molecule has 1 atom stereocenters. The van der Waals surface area contributed by atoms with Gasteiger partial charge in [0.25, 0.3) is 5.19 Å². The number of hydroxylamine groups is 2. The van der Waals surface area contributed by atoms with Crippen molar-refractivity contribution in [3.8, 4) is 10.9 Å².